The zero-order valence-electron chi connectivity index (χ0n) is 6.88. The molecule has 0 heterocycles. The Labute approximate surface area is 96.6 Å². The lowest BCUT2D eigenvalue weighted by Gasteiger charge is -2.12. The Morgan fingerprint density at radius 1 is 1.21 bits per heavy atom. The Hall–Kier alpha value is -0.0900. The molecule has 0 aliphatic heterocycles. The van der Waals surface area contributed by atoms with Crippen molar-refractivity contribution in [2.75, 3.05) is 0 Å². The minimum Gasteiger partial charge on any atom is -0.319 e. The molecule has 0 saturated carbocycles. The van der Waals surface area contributed by atoms with E-state index in [1.807, 2.05) is 0 Å². The summed E-state index contributed by atoms with van der Waals surface area (Å²) in [5.74, 6) is 0. The highest BCUT2D eigenvalue weighted by Crippen LogP contribution is 2.28. The standard InChI is InChI=1S/C8H7Cl2F2N.ClH/c9-4-1-2-6(10)5(3-4)7(13)8(11)12;/h1-3,7-8H,13H2;1H/t7-;/m1./s1. The molecule has 0 spiro atoms. The fraction of sp³-hybridized carbons (Fsp3) is 0.250. The molecule has 1 aromatic rings. The predicted octanol–water partition coefficient (Wildman–Crippen LogP) is 3.68. The minimum absolute atomic E-state index is 0. The van der Waals surface area contributed by atoms with E-state index < -0.39 is 12.5 Å². The van der Waals surface area contributed by atoms with E-state index >= 15 is 0 Å². The molecule has 0 aliphatic rings. The monoisotopic (exact) mass is 261 g/mol. The van der Waals surface area contributed by atoms with Gasteiger partial charge in [-0.05, 0) is 23.8 Å². The van der Waals surface area contributed by atoms with Gasteiger partial charge in [-0.1, -0.05) is 23.2 Å². The van der Waals surface area contributed by atoms with E-state index in [2.05, 4.69) is 0 Å². The number of rotatable bonds is 2. The van der Waals surface area contributed by atoms with Crippen molar-refractivity contribution in [2.24, 2.45) is 5.73 Å². The molecule has 1 nitrogen and oxygen atoms in total. The summed E-state index contributed by atoms with van der Waals surface area (Å²) in [6, 6.07) is 2.93. The molecule has 0 fully saturated rings. The maximum Gasteiger partial charge on any atom is 0.257 e. The molecule has 0 unspecified atom stereocenters. The van der Waals surface area contributed by atoms with Crippen molar-refractivity contribution >= 4 is 35.6 Å². The maximum atomic E-state index is 12.2. The lowest BCUT2D eigenvalue weighted by molar-refractivity contribution is 0.116. The van der Waals surface area contributed by atoms with Crippen LogP contribution in [0.5, 0.6) is 0 Å². The zero-order valence-corrected chi connectivity index (χ0v) is 9.21. The molecule has 0 bridgehead atoms. The van der Waals surface area contributed by atoms with Gasteiger partial charge in [0.25, 0.3) is 6.43 Å². The smallest absolute Gasteiger partial charge is 0.257 e. The van der Waals surface area contributed by atoms with Crippen molar-refractivity contribution in [1.29, 1.82) is 0 Å². The molecule has 14 heavy (non-hydrogen) atoms. The van der Waals surface area contributed by atoms with E-state index in [1.165, 1.54) is 18.2 Å². The van der Waals surface area contributed by atoms with Crippen LogP contribution in [0.15, 0.2) is 18.2 Å². The summed E-state index contributed by atoms with van der Waals surface area (Å²) in [6.45, 7) is 0. The third-order valence-corrected chi connectivity index (χ3v) is 2.17. The van der Waals surface area contributed by atoms with E-state index in [1.54, 1.807) is 0 Å². The van der Waals surface area contributed by atoms with Crippen molar-refractivity contribution in [2.45, 2.75) is 12.5 Å². The SMILES string of the molecule is Cl.N[C@H](c1cc(Cl)ccc1Cl)C(F)F. The first-order valence-corrected chi connectivity index (χ1v) is 4.26. The number of halogens is 5. The van der Waals surface area contributed by atoms with Gasteiger partial charge in [-0.2, -0.15) is 0 Å². The predicted molar refractivity (Wildman–Crippen MR) is 56.6 cm³/mol. The van der Waals surface area contributed by atoms with Crippen molar-refractivity contribution < 1.29 is 8.78 Å². The normalized spacial score (nSPS) is 12.4. The second-order valence-corrected chi connectivity index (χ2v) is 3.37. The molecule has 0 amide bonds. The van der Waals surface area contributed by atoms with E-state index in [0.717, 1.165) is 0 Å². The molecule has 6 heteroatoms. The summed E-state index contributed by atoms with van der Waals surface area (Å²) >= 11 is 11.3. The Morgan fingerprint density at radius 2 is 1.79 bits per heavy atom. The topological polar surface area (TPSA) is 26.0 Å². The first-order chi connectivity index (χ1) is 6.02. The number of benzene rings is 1. The summed E-state index contributed by atoms with van der Waals surface area (Å²) in [7, 11) is 0. The van der Waals surface area contributed by atoms with Gasteiger partial charge in [-0.3, -0.25) is 0 Å². The average Bonchev–Trinajstić information content (AvgIpc) is 2.08. The quantitative estimate of drug-likeness (QED) is 0.864. The van der Waals surface area contributed by atoms with Crippen LogP contribution < -0.4 is 5.73 Å². The van der Waals surface area contributed by atoms with Crippen LogP contribution in [0.2, 0.25) is 10.0 Å². The van der Waals surface area contributed by atoms with Crippen LogP contribution in [0.4, 0.5) is 8.78 Å². The molecule has 80 valence electrons. The van der Waals surface area contributed by atoms with Gasteiger partial charge in [0, 0.05) is 10.0 Å². The van der Waals surface area contributed by atoms with Crippen LogP contribution in [0.1, 0.15) is 11.6 Å². The minimum atomic E-state index is -2.64. The number of nitrogens with two attached hydrogens (primary N) is 1. The fourth-order valence-electron chi connectivity index (χ4n) is 0.906. The first kappa shape index (κ1) is 13.9. The van der Waals surface area contributed by atoms with Crippen molar-refractivity contribution in [3.05, 3.63) is 33.8 Å². The number of hydrogen-bond acceptors (Lipinski definition) is 1. The van der Waals surface area contributed by atoms with Crippen LogP contribution in [0.3, 0.4) is 0 Å². The van der Waals surface area contributed by atoms with Crippen molar-refractivity contribution in [1.82, 2.24) is 0 Å². The van der Waals surface area contributed by atoms with Crippen LogP contribution in [-0.2, 0) is 0 Å². The second kappa shape index (κ2) is 5.71. The van der Waals surface area contributed by atoms with Crippen molar-refractivity contribution in [3.63, 3.8) is 0 Å². The van der Waals surface area contributed by atoms with Gasteiger partial charge in [-0.25, -0.2) is 8.78 Å². The summed E-state index contributed by atoms with van der Waals surface area (Å²) in [5, 5.41) is 0.549. The van der Waals surface area contributed by atoms with E-state index in [4.69, 9.17) is 28.9 Å². The van der Waals surface area contributed by atoms with Crippen LogP contribution in [0, 0.1) is 0 Å². The summed E-state index contributed by atoms with van der Waals surface area (Å²) in [5.41, 5.74) is 5.38. The lowest BCUT2D eigenvalue weighted by atomic mass is 10.1. The van der Waals surface area contributed by atoms with E-state index in [-0.39, 0.29) is 23.0 Å². The maximum absolute atomic E-state index is 12.2. The Balaban J connectivity index is 0.00000169. The lowest BCUT2D eigenvalue weighted by Crippen LogP contribution is -2.19. The molecule has 1 atom stereocenters. The van der Waals surface area contributed by atoms with Gasteiger partial charge in [0.1, 0.15) is 0 Å². The second-order valence-electron chi connectivity index (χ2n) is 2.53. The molecule has 0 aromatic heterocycles. The Bertz CT molecular complexity index is 307. The largest absolute Gasteiger partial charge is 0.319 e. The zero-order chi connectivity index (χ0) is 10.0. The number of alkyl halides is 2. The van der Waals surface area contributed by atoms with Crippen LogP contribution >= 0.6 is 35.6 Å². The van der Waals surface area contributed by atoms with E-state index in [0.29, 0.717) is 5.02 Å². The first-order valence-electron chi connectivity index (χ1n) is 3.51. The Kier molecular flexibility index (Phi) is 5.67. The molecule has 1 rings (SSSR count). The molecule has 0 radical (unpaired) electrons. The number of hydrogen-bond donors (Lipinski definition) is 1. The van der Waals surface area contributed by atoms with Gasteiger partial charge < -0.3 is 5.73 Å². The van der Waals surface area contributed by atoms with Crippen LogP contribution in [-0.4, -0.2) is 6.43 Å². The van der Waals surface area contributed by atoms with Gasteiger partial charge >= 0.3 is 0 Å². The highest BCUT2D eigenvalue weighted by atomic mass is 35.5. The van der Waals surface area contributed by atoms with Gasteiger partial charge in [0.05, 0.1) is 6.04 Å². The van der Waals surface area contributed by atoms with Gasteiger partial charge in [-0.15, -0.1) is 12.4 Å². The third kappa shape index (κ3) is 3.24. The summed E-state index contributed by atoms with van der Waals surface area (Å²) in [6.07, 6.45) is -2.64. The molecular weight excluding hydrogens is 254 g/mol. The highest BCUT2D eigenvalue weighted by Gasteiger charge is 2.20. The molecule has 1 aromatic carbocycles. The van der Waals surface area contributed by atoms with Gasteiger partial charge in [0.2, 0.25) is 0 Å². The molecule has 0 aliphatic carbocycles. The summed E-state index contributed by atoms with van der Waals surface area (Å²) in [4.78, 5) is 0. The van der Waals surface area contributed by atoms with Gasteiger partial charge in [0.15, 0.2) is 0 Å². The fourth-order valence-corrected chi connectivity index (χ4v) is 1.33. The molecular formula is C8H8Cl3F2N. The van der Waals surface area contributed by atoms with E-state index in [9.17, 15) is 8.78 Å². The van der Waals surface area contributed by atoms with Crippen LogP contribution in [0.25, 0.3) is 0 Å². The summed E-state index contributed by atoms with van der Waals surface area (Å²) < 4.78 is 24.4. The third-order valence-electron chi connectivity index (χ3n) is 1.59. The van der Waals surface area contributed by atoms with Crippen molar-refractivity contribution in [3.8, 4) is 0 Å². The average molecular weight is 263 g/mol. The highest BCUT2D eigenvalue weighted by molar-refractivity contribution is 6.33. The molecule has 2 N–H and O–H groups in total. The molecule has 0 saturated heterocycles. The Morgan fingerprint density at radius 3 is 2.29 bits per heavy atom.